The molecule has 1 aliphatic carbocycles. The zero-order valence-corrected chi connectivity index (χ0v) is 10.1. The third-order valence-electron chi connectivity index (χ3n) is 1.97. The smallest absolute Gasteiger partial charge is 0.405 e. The van der Waals surface area contributed by atoms with Crippen molar-refractivity contribution in [3.63, 3.8) is 0 Å². The Morgan fingerprint density at radius 3 is 1.87 bits per heavy atom. The minimum atomic E-state index is -0.725. The van der Waals surface area contributed by atoms with Crippen molar-refractivity contribution in [1.82, 2.24) is 0 Å². The van der Waals surface area contributed by atoms with E-state index in [2.05, 4.69) is 11.3 Å². The molecule has 0 aromatic rings. The number of hydrogen-bond acceptors (Lipinski definition) is 2. The van der Waals surface area contributed by atoms with Crippen LogP contribution in [0.1, 0.15) is 52.9 Å². The van der Waals surface area contributed by atoms with Gasteiger partial charge in [-0.2, -0.15) is 0 Å². The van der Waals surface area contributed by atoms with Crippen LogP contribution in [-0.2, 0) is 4.74 Å². The van der Waals surface area contributed by atoms with E-state index in [4.69, 9.17) is 5.73 Å². The fourth-order valence-electron chi connectivity index (χ4n) is 1.35. The fraction of sp³-hybridized carbons (Fsp3) is 0.750. The highest BCUT2D eigenvalue weighted by Crippen LogP contribution is 2.20. The van der Waals surface area contributed by atoms with Crippen molar-refractivity contribution >= 4 is 6.09 Å². The maximum atomic E-state index is 10.0. The highest BCUT2D eigenvalue weighted by molar-refractivity contribution is 5.65. The Balaban J connectivity index is 0.000000262. The number of amides is 1. The second-order valence-corrected chi connectivity index (χ2v) is 4.84. The molecule has 0 unspecified atom stereocenters. The van der Waals surface area contributed by atoms with Gasteiger partial charge in [0.1, 0.15) is 5.60 Å². The second-order valence-electron chi connectivity index (χ2n) is 4.84. The standard InChI is InChI=1S/C7H12.C5H11NO2/c1-7-5-3-2-4-6-7;1-5(2,3)8-4(6)7/h1-6H2;1-3H3,(H2,6,7). The molecular formula is C12H23NO2. The molecule has 1 aliphatic rings. The lowest BCUT2D eigenvalue weighted by Gasteiger charge is -2.16. The molecule has 1 fully saturated rings. The van der Waals surface area contributed by atoms with Gasteiger partial charge in [-0.1, -0.05) is 18.6 Å². The van der Waals surface area contributed by atoms with Crippen LogP contribution in [0.3, 0.4) is 0 Å². The van der Waals surface area contributed by atoms with Gasteiger partial charge in [-0.15, -0.1) is 0 Å². The van der Waals surface area contributed by atoms with E-state index in [9.17, 15) is 4.79 Å². The summed E-state index contributed by atoms with van der Waals surface area (Å²) in [4.78, 5) is 10.0. The number of rotatable bonds is 0. The van der Waals surface area contributed by atoms with E-state index in [0.717, 1.165) is 0 Å². The molecule has 3 heteroatoms. The number of carbonyl (C=O) groups is 1. The molecule has 0 heterocycles. The monoisotopic (exact) mass is 213 g/mol. The van der Waals surface area contributed by atoms with Crippen LogP contribution >= 0.6 is 0 Å². The molecule has 3 nitrogen and oxygen atoms in total. The first-order valence-electron chi connectivity index (χ1n) is 5.46. The summed E-state index contributed by atoms with van der Waals surface area (Å²) >= 11 is 0. The third kappa shape index (κ3) is 10.9. The molecule has 0 spiro atoms. The molecule has 0 bridgehead atoms. The zero-order chi connectivity index (χ0) is 11.9. The molecule has 1 amide bonds. The van der Waals surface area contributed by atoms with Gasteiger partial charge in [-0.25, -0.2) is 4.79 Å². The van der Waals surface area contributed by atoms with E-state index < -0.39 is 11.7 Å². The molecule has 0 aromatic heterocycles. The Labute approximate surface area is 92.7 Å². The largest absolute Gasteiger partial charge is 0.444 e. The molecule has 0 atom stereocenters. The quantitative estimate of drug-likeness (QED) is 0.627. The summed E-state index contributed by atoms with van der Waals surface area (Å²) in [5, 5.41) is 0. The van der Waals surface area contributed by atoms with E-state index >= 15 is 0 Å². The van der Waals surface area contributed by atoms with Gasteiger partial charge in [0, 0.05) is 0 Å². The Hall–Kier alpha value is -0.990. The average Bonchev–Trinajstić information content (AvgIpc) is 2.01. The number of nitrogens with two attached hydrogens (primary N) is 1. The van der Waals surface area contributed by atoms with Gasteiger partial charge in [0.2, 0.25) is 0 Å². The lowest BCUT2D eigenvalue weighted by Crippen LogP contribution is -2.27. The number of hydrogen-bond donors (Lipinski definition) is 1. The van der Waals surface area contributed by atoms with Gasteiger partial charge < -0.3 is 10.5 Å². The van der Waals surface area contributed by atoms with Gasteiger partial charge in [0.05, 0.1) is 0 Å². The maximum absolute atomic E-state index is 10.0. The van der Waals surface area contributed by atoms with Crippen LogP contribution < -0.4 is 5.73 Å². The Bertz CT molecular complexity index is 208. The van der Waals surface area contributed by atoms with Crippen molar-refractivity contribution in [2.45, 2.75) is 58.5 Å². The van der Waals surface area contributed by atoms with Crippen molar-refractivity contribution < 1.29 is 9.53 Å². The molecule has 0 saturated heterocycles. The van der Waals surface area contributed by atoms with Gasteiger partial charge >= 0.3 is 6.09 Å². The molecule has 1 rings (SSSR count). The van der Waals surface area contributed by atoms with Crippen molar-refractivity contribution in [2.24, 2.45) is 5.73 Å². The number of ether oxygens (including phenoxy) is 1. The van der Waals surface area contributed by atoms with Crippen molar-refractivity contribution in [3.8, 4) is 0 Å². The van der Waals surface area contributed by atoms with Crippen molar-refractivity contribution in [1.29, 1.82) is 0 Å². The summed E-state index contributed by atoms with van der Waals surface area (Å²) in [5.41, 5.74) is 5.73. The topological polar surface area (TPSA) is 52.3 Å². The highest BCUT2D eigenvalue weighted by Gasteiger charge is 2.12. The number of allylic oxidation sites excluding steroid dienone is 1. The minimum Gasteiger partial charge on any atom is -0.444 e. The first kappa shape index (κ1) is 14.0. The minimum absolute atomic E-state index is 0.453. The van der Waals surface area contributed by atoms with Crippen LogP contribution in [0.4, 0.5) is 4.79 Å². The predicted molar refractivity (Wildman–Crippen MR) is 62.6 cm³/mol. The molecule has 0 aromatic carbocycles. The Kier molecular flexibility index (Phi) is 6.06. The van der Waals surface area contributed by atoms with Crippen LogP contribution in [-0.4, -0.2) is 11.7 Å². The first-order valence-corrected chi connectivity index (χ1v) is 5.46. The van der Waals surface area contributed by atoms with Gasteiger partial charge in [0.15, 0.2) is 0 Å². The maximum Gasteiger partial charge on any atom is 0.405 e. The third-order valence-corrected chi connectivity index (χ3v) is 1.97. The molecule has 0 radical (unpaired) electrons. The van der Waals surface area contributed by atoms with Crippen molar-refractivity contribution in [3.05, 3.63) is 12.2 Å². The Morgan fingerprint density at radius 2 is 1.73 bits per heavy atom. The lowest BCUT2D eigenvalue weighted by atomic mass is 9.97. The summed E-state index contributed by atoms with van der Waals surface area (Å²) in [5.74, 6) is 0. The molecule has 0 aliphatic heterocycles. The van der Waals surface area contributed by atoms with Crippen LogP contribution in [0.25, 0.3) is 0 Å². The van der Waals surface area contributed by atoms with E-state index in [-0.39, 0.29) is 0 Å². The second kappa shape index (κ2) is 6.49. The van der Waals surface area contributed by atoms with E-state index in [1.807, 2.05) is 0 Å². The van der Waals surface area contributed by atoms with E-state index in [1.165, 1.54) is 37.7 Å². The lowest BCUT2D eigenvalue weighted by molar-refractivity contribution is 0.0600. The van der Waals surface area contributed by atoms with Crippen molar-refractivity contribution in [2.75, 3.05) is 0 Å². The van der Waals surface area contributed by atoms with Gasteiger partial charge in [-0.05, 0) is 46.5 Å². The molecular weight excluding hydrogens is 190 g/mol. The summed E-state index contributed by atoms with van der Waals surface area (Å²) in [6.07, 6.45) is 6.06. The molecule has 2 N–H and O–H groups in total. The fourth-order valence-corrected chi connectivity index (χ4v) is 1.35. The average molecular weight is 213 g/mol. The van der Waals surface area contributed by atoms with Gasteiger partial charge in [-0.3, -0.25) is 0 Å². The van der Waals surface area contributed by atoms with Crippen LogP contribution in [0, 0.1) is 0 Å². The van der Waals surface area contributed by atoms with E-state index in [1.54, 1.807) is 20.8 Å². The Morgan fingerprint density at radius 1 is 1.27 bits per heavy atom. The predicted octanol–water partition coefficient (Wildman–Crippen LogP) is 3.39. The summed E-state index contributed by atoms with van der Waals surface area (Å²) in [6.45, 7) is 9.20. The van der Waals surface area contributed by atoms with Crippen LogP contribution in [0.5, 0.6) is 0 Å². The summed E-state index contributed by atoms with van der Waals surface area (Å²) in [6, 6.07) is 0. The van der Waals surface area contributed by atoms with E-state index in [0.29, 0.717) is 0 Å². The zero-order valence-electron chi connectivity index (χ0n) is 10.1. The number of primary amides is 1. The number of carbonyl (C=O) groups excluding carboxylic acids is 1. The highest BCUT2D eigenvalue weighted by atomic mass is 16.6. The first-order chi connectivity index (χ1) is 6.81. The summed E-state index contributed by atoms with van der Waals surface area (Å²) in [7, 11) is 0. The SMILES string of the molecule is C=C1CCCCC1.CC(C)(C)OC(N)=O. The summed E-state index contributed by atoms with van der Waals surface area (Å²) < 4.78 is 4.58. The molecule has 1 saturated carbocycles. The van der Waals surface area contributed by atoms with Crippen LogP contribution in [0.15, 0.2) is 12.2 Å². The molecule has 88 valence electrons. The normalized spacial score (nSPS) is 16.3. The van der Waals surface area contributed by atoms with Gasteiger partial charge in [0.25, 0.3) is 0 Å². The molecule has 15 heavy (non-hydrogen) atoms. The van der Waals surface area contributed by atoms with Crippen LogP contribution in [0.2, 0.25) is 0 Å².